The highest BCUT2D eigenvalue weighted by Crippen LogP contribution is 2.20. The molecule has 0 aliphatic rings. The van der Waals surface area contributed by atoms with Gasteiger partial charge in [0.2, 0.25) is 5.88 Å². The predicted molar refractivity (Wildman–Crippen MR) is 76.3 cm³/mol. The Balaban J connectivity index is 2.69. The average molecular weight is 264 g/mol. The molecule has 0 aromatic carbocycles. The van der Waals surface area contributed by atoms with Gasteiger partial charge < -0.3 is 10.1 Å². The summed E-state index contributed by atoms with van der Waals surface area (Å²) in [7, 11) is 1.52. The van der Waals surface area contributed by atoms with Gasteiger partial charge in [0.1, 0.15) is 5.56 Å². The molecule has 1 rings (SSSR count). The monoisotopic (exact) mass is 264 g/mol. The molecule has 0 atom stereocenters. The molecule has 1 aromatic heterocycles. The van der Waals surface area contributed by atoms with E-state index < -0.39 is 0 Å². The maximum Gasteiger partial charge on any atom is 0.256 e. The first-order valence-electron chi connectivity index (χ1n) is 6.74. The summed E-state index contributed by atoms with van der Waals surface area (Å²) in [6, 6.07) is 3.46. The fourth-order valence-corrected chi connectivity index (χ4v) is 2.27. The molecule has 1 aromatic rings. The Morgan fingerprint density at radius 2 is 1.95 bits per heavy atom. The van der Waals surface area contributed by atoms with Crippen LogP contribution in [0.2, 0.25) is 0 Å². The number of nitrogens with zero attached hydrogens (tertiary/aromatic N) is 1. The van der Waals surface area contributed by atoms with E-state index in [0.29, 0.717) is 35.7 Å². The average Bonchev–Trinajstić information content (AvgIpc) is 2.37. The molecule has 0 saturated heterocycles. The van der Waals surface area contributed by atoms with Crippen LogP contribution in [0, 0.1) is 17.8 Å². The van der Waals surface area contributed by atoms with Crippen molar-refractivity contribution in [2.45, 2.75) is 27.7 Å². The molecule has 0 fully saturated rings. The van der Waals surface area contributed by atoms with E-state index in [9.17, 15) is 4.79 Å². The molecular formula is C15H24N2O2. The van der Waals surface area contributed by atoms with E-state index >= 15 is 0 Å². The summed E-state index contributed by atoms with van der Waals surface area (Å²) in [5, 5.41) is 2.98. The summed E-state index contributed by atoms with van der Waals surface area (Å²) in [6.07, 6.45) is 1.61. The van der Waals surface area contributed by atoms with Crippen LogP contribution >= 0.6 is 0 Å². The van der Waals surface area contributed by atoms with Gasteiger partial charge in [-0.05, 0) is 29.9 Å². The van der Waals surface area contributed by atoms with Gasteiger partial charge in [0, 0.05) is 12.7 Å². The Bertz CT molecular complexity index is 408. The first-order chi connectivity index (χ1) is 8.97. The molecule has 19 heavy (non-hydrogen) atoms. The highest BCUT2D eigenvalue weighted by Gasteiger charge is 2.19. The molecule has 106 valence electrons. The summed E-state index contributed by atoms with van der Waals surface area (Å²) < 4.78 is 5.10. The Morgan fingerprint density at radius 1 is 1.32 bits per heavy atom. The number of ether oxygens (including phenoxy) is 1. The second kappa shape index (κ2) is 7.12. The number of carbonyl (C=O) groups is 1. The summed E-state index contributed by atoms with van der Waals surface area (Å²) in [6.45, 7) is 9.40. The third kappa shape index (κ3) is 4.23. The summed E-state index contributed by atoms with van der Waals surface area (Å²) >= 11 is 0. The lowest BCUT2D eigenvalue weighted by Gasteiger charge is -2.25. The highest BCUT2D eigenvalue weighted by atomic mass is 16.5. The number of pyridine rings is 1. The van der Waals surface area contributed by atoms with Crippen molar-refractivity contribution in [2.75, 3.05) is 13.7 Å². The van der Waals surface area contributed by atoms with Gasteiger partial charge in [-0.2, -0.15) is 0 Å². The van der Waals surface area contributed by atoms with E-state index in [2.05, 4.69) is 38.0 Å². The molecule has 0 aliphatic heterocycles. The molecule has 1 N–H and O–H groups in total. The molecule has 0 aliphatic carbocycles. The van der Waals surface area contributed by atoms with E-state index in [1.165, 1.54) is 7.11 Å². The Kier molecular flexibility index (Phi) is 5.80. The number of methoxy groups -OCH3 is 1. The smallest absolute Gasteiger partial charge is 0.256 e. The number of rotatable bonds is 6. The summed E-state index contributed by atoms with van der Waals surface area (Å²) in [5.41, 5.74) is 0.483. The van der Waals surface area contributed by atoms with Crippen molar-refractivity contribution in [3.05, 3.63) is 23.9 Å². The third-order valence-corrected chi connectivity index (χ3v) is 3.42. The van der Waals surface area contributed by atoms with Crippen LogP contribution in [0.3, 0.4) is 0 Å². The summed E-state index contributed by atoms with van der Waals surface area (Å²) in [4.78, 5) is 16.2. The first kappa shape index (κ1) is 15.5. The lowest BCUT2D eigenvalue weighted by Crippen LogP contribution is -2.34. The van der Waals surface area contributed by atoms with Gasteiger partial charge in [-0.25, -0.2) is 4.98 Å². The van der Waals surface area contributed by atoms with Crippen molar-refractivity contribution in [1.29, 1.82) is 0 Å². The minimum atomic E-state index is -0.128. The van der Waals surface area contributed by atoms with Gasteiger partial charge in [-0.1, -0.05) is 27.7 Å². The molecule has 1 heterocycles. The number of aromatic nitrogens is 1. The molecule has 0 saturated carbocycles. The van der Waals surface area contributed by atoms with Gasteiger partial charge in [-0.15, -0.1) is 0 Å². The minimum Gasteiger partial charge on any atom is -0.480 e. The van der Waals surface area contributed by atoms with Crippen LogP contribution in [0.15, 0.2) is 18.3 Å². The molecule has 4 heteroatoms. The van der Waals surface area contributed by atoms with E-state index in [0.717, 1.165) is 0 Å². The summed E-state index contributed by atoms with van der Waals surface area (Å²) in [5.74, 6) is 1.78. The van der Waals surface area contributed by atoms with Crippen molar-refractivity contribution in [2.24, 2.45) is 17.8 Å². The first-order valence-corrected chi connectivity index (χ1v) is 6.74. The molecule has 0 spiro atoms. The van der Waals surface area contributed by atoms with Crippen LogP contribution < -0.4 is 10.1 Å². The van der Waals surface area contributed by atoms with E-state index in [4.69, 9.17) is 4.74 Å². The van der Waals surface area contributed by atoms with E-state index in [1.54, 1.807) is 18.3 Å². The molecule has 0 unspecified atom stereocenters. The number of hydrogen-bond donors (Lipinski definition) is 1. The van der Waals surface area contributed by atoms with Gasteiger partial charge in [0.05, 0.1) is 7.11 Å². The standard InChI is InChI=1S/C15H24N2O2/c1-10(2)13(11(3)4)9-17-14(18)12-7-6-8-16-15(12)19-5/h6-8,10-11,13H,9H2,1-5H3,(H,17,18). The minimum absolute atomic E-state index is 0.128. The third-order valence-electron chi connectivity index (χ3n) is 3.42. The highest BCUT2D eigenvalue weighted by molar-refractivity contribution is 5.96. The van der Waals surface area contributed by atoms with Crippen LogP contribution in [-0.4, -0.2) is 24.5 Å². The lowest BCUT2D eigenvalue weighted by atomic mass is 9.85. The quantitative estimate of drug-likeness (QED) is 0.859. The van der Waals surface area contributed by atoms with Crippen LogP contribution in [-0.2, 0) is 0 Å². The number of amides is 1. The molecule has 4 nitrogen and oxygen atoms in total. The second-order valence-electron chi connectivity index (χ2n) is 5.42. The SMILES string of the molecule is COc1ncccc1C(=O)NCC(C(C)C)C(C)C. The normalized spacial score (nSPS) is 11.2. The number of hydrogen-bond acceptors (Lipinski definition) is 3. The van der Waals surface area contributed by atoms with Crippen LogP contribution in [0.1, 0.15) is 38.1 Å². The number of carbonyl (C=O) groups excluding carboxylic acids is 1. The van der Waals surface area contributed by atoms with Crippen molar-refractivity contribution in [3.63, 3.8) is 0 Å². The second-order valence-corrected chi connectivity index (χ2v) is 5.42. The number of nitrogens with one attached hydrogen (secondary N) is 1. The van der Waals surface area contributed by atoms with Crippen molar-refractivity contribution in [1.82, 2.24) is 10.3 Å². The zero-order valence-corrected chi connectivity index (χ0v) is 12.4. The molecule has 1 amide bonds. The fourth-order valence-electron chi connectivity index (χ4n) is 2.27. The van der Waals surface area contributed by atoms with Crippen molar-refractivity contribution in [3.8, 4) is 5.88 Å². The largest absolute Gasteiger partial charge is 0.480 e. The zero-order chi connectivity index (χ0) is 14.4. The van der Waals surface area contributed by atoms with Crippen LogP contribution in [0.5, 0.6) is 5.88 Å². The van der Waals surface area contributed by atoms with Crippen molar-refractivity contribution >= 4 is 5.91 Å². The Morgan fingerprint density at radius 3 is 2.47 bits per heavy atom. The van der Waals surface area contributed by atoms with Crippen LogP contribution in [0.25, 0.3) is 0 Å². The van der Waals surface area contributed by atoms with E-state index in [1.807, 2.05) is 0 Å². The Hall–Kier alpha value is -1.58. The zero-order valence-electron chi connectivity index (χ0n) is 12.4. The lowest BCUT2D eigenvalue weighted by molar-refractivity contribution is 0.0933. The van der Waals surface area contributed by atoms with Gasteiger partial charge >= 0.3 is 0 Å². The maximum atomic E-state index is 12.1. The van der Waals surface area contributed by atoms with Crippen molar-refractivity contribution < 1.29 is 9.53 Å². The topological polar surface area (TPSA) is 51.2 Å². The Labute approximate surface area is 115 Å². The van der Waals surface area contributed by atoms with E-state index in [-0.39, 0.29) is 5.91 Å². The van der Waals surface area contributed by atoms with Gasteiger partial charge in [0.25, 0.3) is 5.91 Å². The molecular weight excluding hydrogens is 240 g/mol. The molecule has 0 radical (unpaired) electrons. The predicted octanol–water partition coefficient (Wildman–Crippen LogP) is 2.75. The van der Waals surface area contributed by atoms with Gasteiger partial charge in [0.15, 0.2) is 0 Å². The maximum absolute atomic E-state index is 12.1. The van der Waals surface area contributed by atoms with Crippen LogP contribution in [0.4, 0.5) is 0 Å². The fraction of sp³-hybridized carbons (Fsp3) is 0.600. The molecule has 0 bridgehead atoms. The van der Waals surface area contributed by atoms with Gasteiger partial charge in [-0.3, -0.25) is 4.79 Å².